The van der Waals surface area contributed by atoms with E-state index in [1.165, 1.54) is 31.9 Å². The molecule has 0 bridgehead atoms. The molecule has 0 amide bonds. The first-order valence-electron chi connectivity index (χ1n) is 7.46. The van der Waals surface area contributed by atoms with E-state index in [-0.39, 0.29) is 21.7 Å². The maximum atomic E-state index is 2.45. The molecule has 0 spiro atoms. The van der Waals surface area contributed by atoms with Crippen LogP contribution in [0.3, 0.4) is 0 Å². The Labute approximate surface area is 147 Å². The number of rotatable bonds is 2. The molecule has 4 aromatic rings. The first kappa shape index (κ1) is 15.5. The van der Waals surface area contributed by atoms with Crippen molar-refractivity contribution >= 4 is 40.0 Å². The van der Waals surface area contributed by atoms with E-state index in [2.05, 4.69) is 85.9 Å². The predicted octanol–water partition coefficient (Wildman–Crippen LogP) is 4.25. The average molecular weight is 334 g/mol. The van der Waals surface area contributed by atoms with E-state index in [9.17, 15) is 0 Å². The number of hydrogen-bond acceptors (Lipinski definition) is 0. The van der Waals surface area contributed by atoms with E-state index in [4.69, 9.17) is 0 Å². The molecule has 0 saturated heterocycles. The Balaban J connectivity index is 0.00000144. The largest absolute Gasteiger partial charge is 2.00 e. The molecule has 0 saturated carbocycles. The Morgan fingerprint density at radius 1 is 0.682 bits per heavy atom. The molecule has 0 heterocycles. The first-order chi connectivity index (χ1) is 10.1. The molecule has 2 heteroatoms. The zero-order chi connectivity index (χ0) is 14.4. The van der Waals surface area contributed by atoms with Gasteiger partial charge in [0.15, 0.2) is 0 Å². The summed E-state index contributed by atoms with van der Waals surface area (Å²) in [5, 5.41) is 8.51. The molecular formula is C20H18SiTi. The molecule has 0 N–H and O–H groups in total. The summed E-state index contributed by atoms with van der Waals surface area (Å²) in [6.07, 6.45) is 0. The van der Waals surface area contributed by atoms with Gasteiger partial charge in [-0.15, -0.1) is 69.7 Å². The molecule has 4 aromatic carbocycles. The van der Waals surface area contributed by atoms with Gasteiger partial charge in [-0.3, -0.25) is 0 Å². The van der Waals surface area contributed by atoms with Crippen LogP contribution in [0.2, 0.25) is 13.1 Å². The minimum Gasteiger partial charge on any atom is -0.168 e. The topological polar surface area (TPSA) is 0 Å². The second kappa shape index (κ2) is 5.66. The van der Waals surface area contributed by atoms with Gasteiger partial charge in [0.25, 0.3) is 0 Å². The molecule has 0 aromatic heterocycles. The molecule has 0 aliphatic heterocycles. The minimum absolute atomic E-state index is 0. The van der Waals surface area contributed by atoms with Crippen molar-refractivity contribution < 1.29 is 21.7 Å². The van der Waals surface area contributed by atoms with Crippen molar-refractivity contribution in [3.63, 3.8) is 0 Å². The van der Waals surface area contributed by atoms with Crippen LogP contribution in [0, 0.1) is 0 Å². The summed E-state index contributed by atoms with van der Waals surface area (Å²) in [5.41, 5.74) is 0. The molecule has 0 unspecified atom stereocenters. The van der Waals surface area contributed by atoms with Crippen LogP contribution in [0.15, 0.2) is 72.8 Å². The van der Waals surface area contributed by atoms with Gasteiger partial charge in [-0.05, 0) is 0 Å². The van der Waals surface area contributed by atoms with Crippen LogP contribution in [-0.4, -0.2) is 8.07 Å². The molecule has 0 atom stereocenters. The Morgan fingerprint density at radius 3 is 1.50 bits per heavy atom. The quantitative estimate of drug-likeness (QED) is 0.380. The van der Waals surface area contributed by atoms with Gasteiger partial charge in [0, 0.05) is 0 Å². The molecule has 106 valence electrons. The smallest absolute Gasteiger partial charge is 0.168 e. The summed E-state index contributed by atoms with van der Waals surface area (Å²) >= 11 is 0. The maximum absolute atomic E-state index is 2.45. The maximum Gasteiger partial charge on any atom is 2.00 e. The second-order valence-corrected chi connectivity index (χ2v) is 10.8. The Hall–Kier alpha value is -1.41. The van der Waals surface area contributed by atoms with E-state index in [1.807, 2.05) is 0 Å². The number of benzene rings is 2. The van der Waals surface area contributed by atoms with Crippen molar-refractivity contribution in [2.75, 3.05) is 0 Å². The van der Waals surface area contributed by atoms with Crippen molar-refractivity contribution in [3.8, 4) is 0 Å². The molecule has 4 rings (SSSR count). The van der Waals surface area contributed by atoms with Crippen molar-refractivity contribution in [2.24, 2.45) is 0 Å². The predicted molar refractivity (Wildman–Crippen MR) is 95.8 cm³/mol. The summed E-state index contributed by atoms with van der Waals surface area (Å²) in [7, 11) is -1.62. The summed E-state index contributed by atoms with van der Waals surface area (Å²) < 4.78 is 0. The fourth-order valence-corrected chi connectivity index (χ4v) is 5.59. The van der Waals surface area contributed by atoms with Crippen LogP contribution in [-0.2, 0) is 21.7 Å². The van der Waals surface area contributed by atoms with Gasteiger partial charge < -0.3 is 0 Å². The molecule has 22 heavy (non-hydrogen) atoms. The Kier molecular flexibility index (Phi) is 3.98. The third-order valence-corrected chi connectivity index (χ3v) is 8.14. The van der Waals surface area contributed by atoms with Gasteiger partial charge in [-0.25, -0.2) is 0 Å². The van der Waals surface area contributed by atoms with Gasteiger partial charge in [0.1, 0.15) is 0 Å². The first-order valence-corrected chi connectivity index (χ1v) is 10.5. The SMILES string of the molecule is C[Si](C)(c1cc2ccccc2[cH-]1)c1cc2ccccc2[cH-]1.[Ti+2]. The van der Waals surface area contributed by atoms with Crippen LogP contribution in [0.4, 0.5) is 0 Å². The normalized spacial score (nSPS) is 11.7. The van der Waals surface area contributed by atoms with Crippen LogP contribution in [0.25, 0.3) is 21.5 Å². The Morgan fingerprint density at radius 2 is 1.09 bits per heavy atom. The second-order valence-electron chi connectivity index (χ2n) is 6.37. The third-order valence-electron chi connectivity index (χ3n) is 4.68. The van der Waals surface area contributed by atoms with Crippen molar-refractivity contribution in [2.45, 2.75) is 13.1 Å². The van der Waals surface area contributed by atoms with Gasteiger partial charge in [0.05, 0.1) is 8.07 Å². The standard InChI is InChI=1S/C20H18Si.Ti/c1-21(2,19-11-15-7-3-4-8-16(15)12-19)20-13-17-9-5-6-10-18(17)14-20;/h3-14H,1-2H3;/q-2;+2. The van der Waals surface area contributed by atoms with Gasteiger partial charge in [-0.1, -0.05) is 25.2 Å². The molecule has 0 aliphatic rings. The van der Waals surface area contributed by atoms with Gasteiger partial charge >= 0.3 is 21.7 Å². The van der Waals surface area contributed by atoms with E-state index in [0.29, 0.717) is 0 Å². The van der Waals surface area contributed by atoms with Crippen LogP contribution in [0.1, 0.15) is 0 Å². The van der Waals surface area contributed by atoms with Crippen molar-refractivity contribution in [3.05, 3.63) is 72.8 Å². The third kappa shape index (κ3) is 2.44. The van der Waals surface area contributed by atoms with Gasteiger partial charge in [-0.2, -0.15) is 22.9 Å². The number of fused-ring (bicyclic) bond motifs is 2. The van der Waals surface area contributed by atoms with E-state index in [0.717, 1.165) is 0 Å². The minimum atomic E-state index is -1.62. The molecule has 0 radical (unpaired) electrons. The van der Waals surface area contributed by atoms with Crippen molar-refractivity contribution in [1.29, 1.82) is 0 Å². The van der Waals surface area contributed by atoms with E-state index < -0.39 is 8.07 Å². The fourth-order valence-electron chi connectivity index (χ4n) is 3.19. The molecule has 0 fully saturated rings. The van der Waals surface area contributed by atoms with Crippen LogP contribution >= 0.6 is 0 Å². The summed E-state index contributed by atoms with van der Waals surface area (Å²) in [6.45, 7) is 4.91. The molecular weight excluding hydrogens is 316 g/mol. The van der Waals surface area contributed by atoms with Gasteiger partial charge in [0.2, 0.25) is 0 Å². The zero-order valence-electron chi connectivity index (χ0n) is 12.9. The zero-order valence-corrected chi connectivity index (χ0v) is 15.5. The average Bonchev–Trinajstić information content (AvgIpc) is 3.11. The van der Waals surface area contributed by atoms with Crippen LogP contribution < -0.4 is 10.4 Å². The fraction of sp³-hybridized carbons (Fsp3) is 0.100. The van der Waals surface area contributed by atoms with Crippen molar-refractivity contribution in [1.82, 2.24) is 0 Å². The Bertz CT molecular complexity index is 785. The van der Waals surface area contributed by atoms with E-state index >= 15 is 0 Å². The summed E-state index contributed by atoms with van der Waals surface area (Å²) in [5.74, 6) is 0. The molecule has 0 aliphatic carbocycles. The number of hydrogen-bond donors (Lipinski definition) is 0. The van der Waals surface area contributed by atoms with Crippen LogP contribution in [0.5, 0.6) is 0 Å². The monoisotopic (exact) mass is 334 g/mol. The summed E-state index contributed by atoms with van der Waals surface area (Å²) in [4.78, 5) is 0. The van der Waals surface area contributed by atoms with E-state index in [1.54, 1.807) is 0 Å². The summed E-state index contributed by atoms with van der Waals surface area (Å²) in [6, 6.07) is 26.9. The molecule has 0 nitrogen and oxygen atoms in total.